The van der Waals surface area contributed by atoms with Crippen LogP contribution in [0, 0.1) is 0 Å². The molecule has 2 N–H and O–H groups in total. The van der Waals surface area contributed by atoms with Gasteiger partial charge in [0.1, 0.15) is 5.52 Å². The third-order valence-electron chi connectivity index (χ3n) is 4.86. The van der Waals surface area contributed by atoms with Crippen LogP contribution in [-0.2, 0) is 4.79 Å². The molecule has 0 aliphatic carbocycles. The maximum absolute atomic E-state index is 12.8. The van der Waals surface area contributed by atoms with Crippen molar-refractivity contribution in [1.82, 2.24) is 20.2 Å². The molecule has 4 rings (SSSR count). The largest absolute Gasteiger partial charge is 0.338 e. The van der Waals surface area contributed by atoms with Crippen molar-refractivity contribution in [3.05, 3.63) is 54.1 Å². The molecule has 0 fully saturated rings. The van der Waals surface area contributed by atoms with Crippen molar-refractivity contribution < 1.29 is 4.79 Å². The van der Waals surface area contributed by atoms with Gasteiger partial charge in [0.2, 0.25) is 11.1 Å². The number of H-pyrrole nitrogens is 1. The lowest BCUT2D eigenvalue weighted by Crippen LogP contribution is -2.24. The van der Waals surface area contributed by atoms with Crippen molar-refractivity contribution in [3.63, 3.8) is 0 Å². The fourth-order valence-corrected chi connectivity index (χ4v) is 4.00. The summed E-state index contributed by atoms with van der Waals surface area (Å²) < 4.78 is 0. The van der Waals surface area contributed by atoms with E-state index < -0.39 is 0 Å². The topological polar surface area (TPSA) is 83.6 Å². The Balaban J connectivity index is 1.50. The average molecular weight is 406 g/mol. The zero-order chi connectivity index (χ0) is 20.4. The lowest BCUT2D eigenvalue weighted by Gasteiger charge is -2.14. The van der Waals surface area contributed by atoms with Gasteiger partial charge in [0.15, 0.2) is 5.65 Å². The first-order valence-corrected chi connectivity index (χ1v) is 10.6. The SMILES string of the molecule is CCC(Sc1nnc2c(n1)[nH]c1ccccc12)C(=O)Nc1ccc(C(C)C)cc1. The van der Waals surface area contributed by atoms with Crippen LogP contribution in [0.2, 0.25) is 0 Å². The number of para-hydroxylation sites is 1. The molecule has 0 bridgehead atoms. The fraction of sp³-hybridized carbons (Fsp3) is 0.273. The van der Waals surface area contributed by atoms with Crippen molar-refractivity contribution in [2.45, 2.75) is 43.5 Å². The van der Waals surface area contributed by atoms with Crippen molar-refractivity contribution in [3.8, 4) is 0 Å². The number of hydrogen-bond acceptors (Lipinski definition) is 5. The highest BCUT2D eigenvalue weighted by atomic mass is 32.2. The zero-order valence-electron chi connectivity index (χ0n) is 16.6. The summed E-state index contributed by atoms with van der Waals surface area (Å²) >= 11 is 1.33. The molecule has 2 heterocycles. The molecule has 0 spiro atoms. The van der Waals surface area contributed by atoms with Crippen LogP contribution in [0.1, 0.15) is 38.7 Å². The third kappa shape index (κ3) is 4.10. The van der Waals surface area contributed by atoms with Gasteiger partial charge < -0.3 is 10.3 Å². The van der Waals surface area contributed by atoms with E-state index in [1.807, 2.05) is 55.5 Å². The quantitative estimate of drug-likeness (QED) is 0.434. The van der Waals surface area contributed by atoms with E-state index in [9.17, 15) is 4.79 Å². The molecule has 0 saturated heterocycles. The molecule has 1 atom stereocenters. The van der Waals surface area contributed by atoms with Crippen LogP contribution in [0.5, 0.6) is 0 Å². The summed E-state index contributed by atoms with van der Waals surface area (Å²) in [5.74, 6) is 0.401. The molecule has 7 heteroatoms. The summed E-state index contributed by atoms with van der Waals surface area (Å²) in [4.78, 5) is 20.6. The standard InChI is InChI=1S/C22H23N5OS/c1-4-18(21(28)23-15-11-9-14(10-12-15)13(2)3)29-22-25-20-19(26-27-22)16-7-5-6-8-17(16)24-20/h5-13,18H,4H2,1-3H3,(H,23,28)(H,24,25,27). The molecule has 6 nitrogen and oxygen atoms in total. The van der Waals surface area contributed by atoms with Crippen LogP contribution in [-0.4, -0.2) is 31.3 Å². The highest BCUT2D eigenvalue weighted by molar-refractivity contribution is 8.00. The molecule has 1 amide bonds. The predicted octanol–water partition coefficient (Wildman–Crippen LogP) is 5.14. The Morgan fingerprint density at radius 2 is 1.86 bits per heavy atom. The third-order valence-corrected chi connectivity index (χ3v) is 6.07. The van der Waals surface area contributed by atoms with E-state index in [0.29, 0.717) is 23.1 Å². The van der Waals surface area contributed by atoms with Crippen LogP contribution in [0.4, 0.5) is 5.69 Å². The van der Waals surface area contributed by atoms with Crippen LogP contribution in [0.3, 0.4) is 0 Å². The molecule has 29 heavy (non-hydrogen) atoms. The molecule has 0 aliphatic rings. The number of carbonyl (C=O) groups is 1. The van der Waals surface area contributed by atoms with Gasteiger partial charge in [-0.05, 0) is 36.1 Å². The summed E-state index contributed by atoms with van der Waals surface area (Å²) in [5, 5.41) is 12.7. The van der Waals surface area contributed by atoms with Crippen molar-refractivity contribution in [2.75, 3.05) is 5.32 Å². The number of anilines is 1. The van der Waals surface area contributed by atoms with Gasteiger partial charge in [0, 0.05) is 16.6 Å². The van der Waals surface area contributed by atoms with Crippen LogP contribution in [0.25, 0.3) is 22.1 Å². The summed E-state index contributed by atoms with van der Waals surface area (Å²) in [6.45, 7) is 6.28. The van der Waals surface area contributed by atoms with Gasteiger partial charge in [0.05, 0.1) is 5.25 Å². The average Bonchev–Trinajstić information content (AvgIpc) is 3.10. The number of nitrogens with zero attached hydrogens (tertiary/aromatic N) is 3. The second kappa shape index (κ2) is 8.21. The number of rotatable bonds is 6. The minimum absolute atomic E-state index is 0.0601. The van der Waals surface area contributed by atoms with Crippen molar-refractivity contribution in [1.29, 1.82) is 0 Å². The van der Waals surface area contributed by atoms with Gasteiger partial charge in [-0.25, -0.2) is 4.98 Å². The van der Waals surface area contributed by atoms with Gasteiger partial charge in [-0.2, -0.15) is 0 Å². The lowest BCUT2D eigenvalue weighted by atomic mass is 10.0. The summed E-state index contributed by atoms with van der Waals surface area (Å²) in [5.41, 5.74) is 4.44. The molecule has 148 valence electrons. The van der Waals surface area contributed by atoms with E-state index in [1.54, 1.807) is 0 Å². The van der Waals surface area contributed by atoms with Crippen LogP contribution < -0.4 is 5.32 Å². The van der Waals surface area contributed by atoms with Crippen LogP contribution >= 0.6 is 11.8 Å². The number of fused-ring (bicyclic) bond motifs is 3. The summed E-state index contributed by atoms with van der Waals surface area (Å²) in [6, 6.07) is 15.9. The first-order valence-electron chi connectivity index (χ1n) is 9.73. The number of aromatic nitrogens is 4. The molecule has 1 unspecified atom stereocenters. The second-order valence-corrected chi connectivity index (χ2v) is 8.41. The van der Waals surface area contributed by atoms with Crippen LogP contribution in [0.15, 0.2) is 53.7 Å². The van der Waals surface area contributed by atoms with E-state index in [-0.39, 0.29) is 11.2 Å². The molecule has 2 aromatic heterocycles. The predicted molar refractivity (Wildman–Crippen MR) is 118 cm³/mol. The van der Waals surface area contributed by atoms with Crippen molar-refractivity contribution >= 4 is 45.4 Å². The van der Waals surface area contributed by atoms with Gasteiger partial charge in [0.25, 0.3) is 0 Å². The second-order valence-electron chi connectivity index (χ2n) is 7.24. The maximum atomic E-state index is 12.8. The number of nitrogens with one attached hydrogen (secondary N) is 2. The molecular weight excluding hydrogens is 382 g/mol. The highest BCUT2D eigenvalue weighted by Crippen LogP contribution is 2.27. The summed E-state index contributed by atoms with van der Waals surface area (Å²) in [7, 11) is 0. The molecule has 0 saturated carbocycles. The maximum Gasteiger partial charge on any atom is 0.237 e. The highest BCUT2D eigenvalue weighted by Gasteiger charge is 2.21. The number of carbonyl (C=O) groups excluding carboxylic acids is 1. The number of benzene rings is 2. The lowest BCUT2D eigenvalue weighted by molar-refractivity contribution is -0.115. The van der Waals surface area contributed by atoms with E-state index in [0.717, 1.165) is 22.1 Å². The normalized spacial score (nSPS) is 12.6. The molecular formula is C22H23N5OS. The Hall–Kier alpha value is -2.93. The minimum Gasteiger partial charge on any atom is -0.338 e. The van der Waals surface area contributed by atoms with E-state index >= 15 is 0 Å². The Morgan fingerprint density at radius 1 is 1.10 bits per heavy atom. The molecule has 0 aliphatic heterocycles. The van der Waals surface area contributed by atoms with Gasteiger partial charge in [-0.1, -0.05) is 62.9 Å². The Bertz CT molecular complexity index is 1150. The van der Waals surface area contributed by atoms with Crippen molar-refractivity contribution in [2.24, 2.45) is 0 Å². The van der Waals surface area contributed by atoms with Gasteiger partial charge >= 0.3 is 0 Å². The van der Waals surface area contributed by atoms with E-state index in [1.165, 1.54) is 17.3 Å². The molecule has 4 aromatic rings. The van der Waals surface area contributed by atoms with Gasteiger partial charge in [-0.15, -0.1) is 10.2 Å². The number of aromatic amines is 1. The fourth-order valence-electron chi connectivity index (χ4n) is 3.18. The minimum atomic E-state index is -0.302. The van der Waals surface area contributed by atoms with E-state index in [4.69, 9.17) is 0 Å². The summed E-state index contributed by atoms with van der Waals surface area (Å²) in [6.07, 6.45) is 0.661. The Morgan fingerprint density at radius 3 is 2.59 bits per heavy atom. The number of amides is 1. The number of thioether (sulfide) groups is 1. The monoisotopic (exact) mass is 405 g/mol. The molecule has 0 radical (unpaired) electrons. The first kappa shape index (κ1) is 19.4. The zero-order valence-corrected chi connectivity index (χ0v) is 17.5. The molecule has 2 aromatic carbocycles. The van der Waals surface area contributed by atoms with Gasteiger partial charge in [-0.3, -0.25) is 4.79 Å². The number of hydrogen-bond donors (Lipinski definition) is 2. The Kier molecular flexibility index (Phi) is 5.49. The Labute approximate surface area is 173 Å². The smallest absolute Gasteiger partial charge is 0.237 e. The van der Waals surface area contributed by atoms with E-state index in [2.05, 4.69) is 39.3 Å². The first-order chi connectivity index (χ1) is 14.0.